The van der Waals surface area contributed by atoms with Crippen LogP contribution in [0.25, 0.3) is 0 Å². The van der Waals surface area contributed by atoms with Gasteiger partial charge in [-0.3, -0.25) is 19.3 Å². The number of fused-ring (bicyclic) bond motifs is 3. The topological polar surface area (TPSA) is 173 Å². The van der Waals surface area contributed by atoms with Crippen LogP contribution in [0.4, 0.5) is 0 Å². The van der Waals surface area contributed by atoms with E-state index in [1.54, 1.807) is 26.2 Å². The van der Waals surface area contributed by atoms with Gasteiger partial charge in [0.25, 0.3) is 5.91 Å². The summed E-state index contributed by atoms with van der Waals surface area (Å²) < 4.78 is 0. The lowest BCUT2D eigenvalue weighted by Crippen LogP contribution is -2.77. The molecule has 0 heterocycles. The first kappa shape index (κ1) is 26.3. The molecular weight excluding hydrogens is 466 g/mol. The second-order valence-electron chi connectivity index (χ2n) is 10.5. The highest BCUT2D eigenvalue weighted by Gasteiger charge is 2.70. The standard InChI is InChI=1S/C26H35N3O7/c1-5-6-10-28-23-16-14(11(2)12-8-7-9-13(30)15(12)20(16)31)21(32)18-19(29(3)4)22(33)17(25(27)35)24(34)26(18,23)36/h7-9,11,14,16,18-19,21,23,28,30,32,34,36H,5-6,10H2,1-4H3,(H2,27,35)/t11-,14?,16?,18?,19-,21-,23?,26-/m0/s1. The number of benzene rings is 1. The van der Waals surface area contributed by atoms with Crippen LogP contribution in [0.3, 0.4) is 0 Å². The number of likely N-dealkylation sites (N-methyl/N-ethyl adjacent to an activating group) is 1. The van der Waals surface area contributed by atoms with Gasteiger partial charge in [0.15, 0.2) is 11.6 Å². The van der Waals surface area contributed by atoms with E-state index >= 15 is 0 Å². The number of phenolic OH excluding ortho intramolecular Hbond substituents is 1. The Morgan fingerprint density at radius 1 is 1.19 bits per heavy atom. The number of ketones is 2. The van der Waals surface area contributed by atoms with Crippen molar-refractivity contribution in [2.24, 2.45) is 23.5 Å². The Morgan fingerprint density at radius 2 is 1.86 bits per heavy atom. The highest BCUT2D eigenvalue weighted by molar-refractivity contribution is 6.22. The minimum absolute atomic E-state index is 0.109. The quantitative estimate of drug-likeness (QED) is 0.235. The summed E-state index contributed by atoms with van der Waals surface area (Å²) in [6.45, 7) is 4.17. The fourth-order valence-corrected chi connectivity index (χ4v) is 6.80. The molecule has 0 spiro atoms. The summed E-state index contributed by atoms with van der Waals surface area (Å²) >= 11 is 0. The number of phenols is 1. The van der Waals surface area contributed by atoms with Crippen molar-refractivity contribution in [2.45, 2.75) is 56.4 Å². The average molecular weight is 502 g/mol. The molecule has 196 valence electrons. The molecule has 3 aliphatic rings. The van der Waals surface area contributed by atoms with E-state index in [4.69, 9.17) is 5.73 Å². The Balaban J connectivity index is 2.01. The number of amides is 1. The van der Waals surface area contributed by atoms with Gasteiger partial charge in [-0.05, 0) is 44.6 Å². The molecule has 1 fully saturated rings. The molecule has 0 radical (unpaired) electrons. The van der Waals surface area contributed by atoms with Crippen molar-refractivity contribution in [3.05, 3.63) is 40.7 Å². The molecule has 10 nitrogen and oxygen atoms in total. The summed E-state index contributed by atoms with van der Waals surface area (Å²) in [6.07, 6.45) is 0.0809. The number of aromatic hydroxyl groups is 1. The normalized spacial score (nSPS) is 35.9. The van der Waals surface area contributed by atoms with Gasteiger partial charge in [0.1, 0.15) is 22.7 Å². The van der Waals surface area contributed by atoms with E-state index in [1.807, 2.05) is 13.8 Å². The lowest BCUT2D eigenvalue weighted by molar-refractivity contribution is -0.187. The summed E-state index contributed by atoms with van der Waals surface area (Å²) in [5, 5.41) is 49.1. The number of nitrogens with two attached hydrogens (primary N) is 1. The van der Waals surface area contributed by atoms with Gasteiger partial charge < -0.3 is 31.5 Å². The van der Waals surface area contributed by atoms with Crippen molar-refractivity contribution in [2.75, 3.05) is 20.6 Å². The third-order valence-corrected chi connectivity index (χ3v) is 8.38. The molecule has 4 rings (SSSR count). The number of primary amides is 1. The number of Topliss-reactive ketones (excluding diaryl/α,β-unsaturated/α-hetero) is 2. The number of carbonyl (C=O) groups excluding carboxylic acids is 3. The maximum absolute atomic E-state index is 13.9. The maximum Gasteiger partial charge on any atom is 0.255 e. The third-order valence-electron chi connectivity index (χ3n) is 8.38. The van der Waals surface area contributed by atoms with Gasteiger partial charge in [-0.15, -0.1) is 0 Å². The van der Waals surface area contributed by atoms with Gasteiger partial charge in [0.05, 0.1) is 23.8 Å². The molecule has 0 saturated heterocycles. The molecule has 7 N–H and O–H groups in total. The Morgan fingerprint density at radius 3 is 2.44 bits per heavy atom. The van der Waals surface area contributed by atoms with Gasteiger partial charge in [-0.2, -0.15) is 0 Å². The molecule has 1 aromatic rings. The summed E-state index contributed by atoms with van der Waals surface area (Å²) in [5.74, 6) is -7.12. The minimum Gasteiger partial charge on any atom is -0.508 e. The van der Waals surface area contributed by atoms with Gasteiger partial charge in [0.2, 0.25) is 0 Å². The smallest absolute Gasteiger partial charge is 0.255 e. The molecule has 4 unspecified atom stereocenters. The summed E-state index contributed by atoms with van der Waals surface area (Å²) in [7, 11) is 3.15. The van der Waals surface area contributed by atoms with Crippen LogP contribution in [0, 0.1) is 17.8 Å². The lowest BCUT2D eigenvalue weighted by Gasteiger charge is -2.60. The number of aliphatic hydroxyl groups is 3. The number of aliphatic hydroxyl groups excluding tert-OH is 2. The fourth-order valence-electron chi connectivity index (χ4n) is 6.80. The van der Waals surface area contributed by atoms with Crippen molar-refractivity contribution in [3.8, 4) is 5.75 Å². The molecule has 0 aromatic heterocycles. The Kier molecular flexibility index (Phi) is 6.76. The molecule has 1 aromatic carbocycles. The summed E-state index contributed by atoms with van der Waals surface area (Å²) in [4.78, 5) is 41.1. The van der Waals surface area contributed by atoms with Crippen LogP contribution in [0.5, 0.6) is 5.75 Å². The van der Waals surface area contributed by atoms with Crippen LogP contribution in [0.2, 0.25) is 0 Å². The van der Waals surface area contributed by atoms with Crippen LogP contribution in [0.1, 0.15) is 48.5 Å². The number of rotatable bonds is 6. The first-order valence-electron chi connectivity index (χ1n) is 12.3. The Bertz CT molecular complexity index is 1130. The van der Waals surface area contributed by atoms with Crippen molar-refractivity contribution in [3.63, 3.8) is 0 Å². The Hall–Kier alpha value is -2.79. The number of carbonyl (C=O) groups is 3. The first-order chi connectivity index (χ1) is 16.9. The largest absolute Gasteiger partial charge is 0.508 e. The zero-order chi connectivity index (χ0) is 26.7. The van der Waals surface area contributed by atoms with Gasteiger partial charge in [-0.25, -0.2) is 0 Å². The van der Waals surface area contributed by atoms with Crippen molar-refractivity contribution in [1.29, 1.82) is 0 Å². The number of nitrogens with zero attached hydrogens (tertiary/aromatic N) is 1. The van der Waals surface area contributed by atoms with Gasteiger partial charge >= 0.3 is 0 Å². The maximum atomic E-state index is 13.9. The molecular formula is C26H35N3O7. The zero-order valence-corrected chi connectivity index (χ0v) is 20.9. The molecule has 1 amide bonds. The minimum atomic E-state index is -2.36. The molecule has 1 saturated carbocycles. The predicted molar refractivity (Wildman–Crippen MR) is 130 cm³/mol. The SMILES string of the molecule is CCCCNC1C2C(=O)c3c(O)cccc3[C@H](C)C2[C@H](O)C2[C@H](N(C)C)C(=O)C(C(N)=O)=C(O)[C@@]12O. The Labute approximate surface area is 209 Å². The molecule has 36 heavy (non-hydrogen) atoms. The monoisotopic (exact) mass is 501 g/mol. The van der Waals surface area contributed by atoms with Crippen LogP contribution >= 0.6 is 0 Å². The first-order valence-corrected chi connectivity index (χ1v) is 12.3. The van der Waals surface area contributed by atoms with E-state index in [0.29, 0.717) is 18.5 Å². The predicted octanol–water partition coefficient (Wildman–Crippen LogP) is 0.215. The number of hydrogen-bond acceptors (Lipinski definition) is 9. The second kappa shape index (κ2) is 9.26. The molecule has 0 bridgehead atoms. The highest BCUT2D eigenvalue weighted by Crippen LogP contribution is 2.56. The average Bonchev–Trinajstić information content (AvgIpc) is 2.80. The van der Waals surface area contributed by atoms with E-state index in [-0.39, 0.29) is 11.3 Å². The molecule has 8 atom stereocenters. The van der Waals surface area contributed by atoms with Crippen molar-refractivity contribution in [1.82, 2.24) is 10.2 Å². The van der Waals surface area contributed by atoms with Crippen molar-refractivity contribution >= 4 is 17.5 Å². The zero-order valence-electron chi connectivity index (χ0n) is 20.9. The molecule has 0 aliphatic heterocycles. The second-order valence-corrected chi connectivity index (χ2v) is 10.5. The van der Waals surface area contributed by atoms with E-state index in [1.165, 1.54) is 11.0 Å². The molecule has 3 aliphatic carbocycles. The van der Waals surface area contributed by atoms with E-state index in [0.717, 1.165) is 6.42 Å². The van der Waals surface area contributed by atoms with E-state index in [9.17, 15) is 34.8 Å². The fraction of sp³-hybridized carbons (Fsp3) is 0.577. The van der Waals surface area contributed by atoms with Crippen LogP contribution in [-0.4, -0.2) is 87.2 Å². The van der Waals surface area contributed by atoms with Crippen LogP contribution < -0.4 is 11.1 Å². The van der Waals surface area contributed by atoms with Gasteiger partial charge in [-0.1, -0.05) is 32.4 Å². The molecule has 10 heteroatoms. The van der Waals surface area contributed by atoms with Crippen LogP contribution in [0.15, 0.2) is 29.5 Å². The summed E-state index contributed by atoms with van der Waals surface area (Å²) in [6, 6.07) is 2.40. The van der Waals surface area contributed by atoms with E-state index in [2.05, 4.69) is 5.32 Å². The van der Waals surface area contributed by atoms with Gasteiger partial charge in [0, 0.05) is 17.8 Å². The van der Waals surface area contributed by atoms with Crippen LogP contribution in [-0.2, 0) is 9.59 Å². The summed E-state index contributed by atoms with van der Waals surface area (Å²) in [5.41, 5.74) is 3.05. The third kappa shape index (κ3) is 3.50. The van der Waals surface area contributed by atoms with Crippen molar-refractivity contribution < 1.29 is 34.8 Å². The lowest BCUT2D eigenvalue weighted by atomic mass is 9.49. The van der Waals surface area contributed by atoms with E-state index < -0.39 is 76.3 Å². The number of hydrogen-bond donors (Lipinski definition) is 6. The highest BCUT2D eigenvalue weighted by atomic mass is 16.3. The number of unbranched alkanes of at least 4 members (excludes halogenated alkanes) is 1. The number of nitrogens with one attached hydrogen (secondary N) is 1.